The summed E-state index contributed by atoms with van der Waals surface area (Å²) in [5.41, 5.74) is 2.34. The molecule has 0 aromatic heterocycles. The molecule has 156 valence electrons. The number of anilines is 2. The fourth-order valence-corrected chi connectivity index (χ4v) is 4.82. The van der Waals surface area contributed by atoms with Crippen molar-refractivity contribution < 1.29 is 17.9 Å². The van der Waals surface area contributed by atoms with Crippen LogP contribution in [-0.4, -0.2) is 45.4 Å². The molecule has 1 aliphatic heterocycles. The van der Waals surface area contributed by atoms with Crippen LogP contribution in [0, 0.1) is 6.92 Å². The van der Waals surface area contributed by atoms with Gasteiger partial charge in [-0.3, -0.25) is 4.79 Å². The zero-order chi connectivity index (χ0) is 20.9. The van der Waals surface area contributed by atoms with E-state index in [0.29, 0.717) is 24.5 Å². The Morgan fingerprint density at radius 1 is 1.07 bits per heavy atom. The Bertz CT molecular complexity index is 952. The lowest BCUT2D eigenvalue weighted by Gasteiger charge is -2.25. The Hall–Kier alpha value is -2.58. The van der Waals surface area contributed by atoms with E-state index in [1.165, 1.54) is 16.4 Å². The van der Waals surface area contributed by atoms with Gasteiger partial charge < -0.3 is 15.4 Å². The molecule has 0 unspecified atom stereocenters. The molecule has 0 bridgehead atoms. The van der Waals surface area contributed by atoms with Gasteiger partial charge in [0.2, 0.25) is 15.9 Å². The molecular weight excluding hydrogens is 390 g/mol. The van der Waals surface area contributed by atoms with Crippen molar-refractivity contribution >= 4 is 27.3 Å². The molecule has 2 aromatic rings. The fraction of sp³-hybridized carbons (Fsp3) is 0.381. The van der Waals surface area contributed by atoms with Crippen molar-refractivity contribution in [1.82, 2.24) is 4.31 Å². The Kier molecular flexibility index (Phi) is 6.76. The third-order valence-corrected chi connectivity index (χ3v) is 6.80. The Morgan fingerprint density at radius 3 is 2.41 bits per heavy atom. The molecule has 1 amide bonds. The van der Waals surface area contributed by atoms with Crippen molar-refractivity contribution in [3.63, 3.8) is 0 Å². The molecule has 29 heavy (non-hydrogen) atoms. The monoisotopic (exact) mass is 417 g/mol. The molecule has 1 heterocycles. The normalized spacial score (nSPS) is 15.0. The van der Waals surface area contributed by atoms with E-state index < -0.39 is 10.0 Å². The lowest BCUT2D eigenvalue weighted by atomic mass is 10.2. The fourth-order valence-electron chi connectivity index (χ4n) is 3.31. The number of aryl methyl sites for hydroxylation is 1. The molecule has 1 fully saturated rings. The van der Waals surface area contributed by atoms with Crippen LogP contribution in [0.3, 0.4) is 0 Å². The summed E-state index contributed by atoms with van der Waals surface area (Å²) in [7, 11) is -1.89. The second kappa shape index (κ2) is 9.28. The first-order valence-electron chi connectivity index (χ1n) is 9.69. The summed E-state index contributed by atoms with van der Waals surface area (Å²) in [6.45, 7) is 3.15. The van der Waals surface area contributed by atoms with E-state index in [4.69, 9.17) is 4.74 Å². The van der Waals surface area contributed by atoms with Crippen LogP contribution >= 0.6 is 0 Å². The van der Waals surface area contributed by atoms with E-state index >= 15 is 0 Å². The first-order valence-corrected chi connectivity index (χ1v) is 11.1. The number of methoxy groups -OCH3 is 1. The van der Waals surface area contributed by atoms with E-state index in [2.05, 4.69) is 10.6 Å². The molecule has 3 rings (SSSR count). The number of amides is 1. The van der Waals surface area contributed by atoms with Crippen LogP contribution in [0.1, 0.15) is 24.8 Å². The summed E-state index contributed by atoms with van der Waals surface area (Å²) in [6, 6.07) is 12.0. The second-order valence-electron chi connectivity index (χ2n) is 7.09. The average molecular weight is 418 g/mol. The molecule has 0 atom stereocenters. The number of benzene rings is 2. The van der Waals surface area contributed by atoms with Gasteiger partial charge in [-0.25, -0.2) is 8.42 Å². The van der Waals surface area contributed by atoms with Crippen LogP contribution in [-0.2, 0) is 14.8 Å². The van der Waals surface area contributed by atoms with Crippen LogP contribution in [0.25, 0.3) is 0 Å². The lowest BCUT2D eigenvalue weighted by molar-refractivity contribution is -0.114. The van der Waals surface area contributed by atoms with Crippen LogP contribution in [0.5, 0.6) is 5.75 Å². The molecule has 2 aromatic carbocycles. The van der Waals surface area contributed by atoms with Crippen LogP contribution in [0.15, 0.2) is 47.4 Å². The maximum absolute atomic E-state index is 12.7. The highest BCUT2D eigenvalue weighted by molar-refractivity contribution is 7.89. The number of hydrogen-bond donors (Lipinski definition) is 2. The van der Waals surface area contributed by atoms with Gasteiger partial charge in [0, 0.05) is 18.8 Å². The maximum atomic E-state index is 12.7. The van der Waals surface area contributed by atoms with Crippen molar-refractivity contribution in [2.24, 2.45) is 0 Å². The summed E-state index contributed by atoms with van der Waals surface area (Å²) < 4.78 is 32.2. The summed E-state index contributed by atoms with van der Waals surface area (Å²) in [5, 5.41) is 5.84. The minimum Gasteiger partial charge on any atom is -0.495 e. The number of piperidine rings is 1. The highest BCUT2D eigenvalue weighted by Gasteiger charge is 2.25. The van der Waals surface area contributed by atoms with Gasteiger partial charge in [-0.15, -0.1) is 0 Å². The predicted molar refractivity (Wildman–Crippen MR) is 114 cm³/mol. The van der Waals surface area contributed by atoms with Gasteiger partial charge in [-0.2, -0.15) is 4.31 Å². The summed E-state index contributed by atoms with van der Waals surface area (Å²) in [4.78, 5) is 12.5. The zero-order valence-corrected chi connectivity index (χ0v) is 17.6. The SMILES string of the molecule is COc1ccc(C)cc1NCC(=O)Nc1ccc(S(=O)(=O)N2CCCCC2)cc1. The topological polar surface area (TPSA) is 87.7 Å². The van der Waals surface area contributed by atoms with Gasteiger partial charge in [0.05, 0.1) is 24.2 Å². The molecule has 7 nitrogen and oxygen atoms in total. The second-order valence-corrected chi connectivity index (χ2v) is 9.03. The number of carbonyl (C=O) groups is 1. The van der Waals surface area contributed by atoms with Gasteiger partial charge in [0.25, 0.3) is 0 Å². The van der Waals surface area contributed by atoms with Crippen LogP contribution < -0.4 is 15.4 Å². The summed E-state index contributed by atoms with van der Waals surface area (Å²) >= 11 is 0. The minimum atomic E-state index is -3.47. The smallest absolute Gasteiger partial charge is 0.243 e. The van der Waals surface area contributed by atoms with Crippen molar-refractivity contribution in [2.45, 2.75) is 31.1 Å². The average Bonchev–Trinajstić information content (AvgIpc) is 2.73. The van der Waals surface area contributed by atoms with Gasteiger partial charge in [-0.05, 0) is 61.7 Å². The Labute approximate surface area is 172 Å². The third-order valence-electron chi connectivity index (χ3n) is 4.89. The van der Waals surface area contributed by atoms with E-state index in [-0.39, 0.29) is 17.3 Å². The number of carbonyl (C=O) groups excluding carboxylic acids is 1. The van der Waals surface area contributed by atoms with E-state index in [9.17, 15) is 13.2 Å². The Balaban J connectivity index is 1.59. The number of rotatable bonds is 7. The molecule has 8 heteroatoms. The molecule has 1 saturated heterocycles. The molecule has 0 saturated carbocycles. The van der Waals surface area contributed by atoms with Crippen molar-refractivity contribution in [3.8, 4) is 5.75 Å². The number of hydrogen-bond acceptors (Lipinski definition) is 5. The number of sulfonamides is 1. The van der Waals surface area contributed by atoms with Gasteiger partial charge in [0.15, 0.2) is 0 Å². The lowest BCUT2D eigenvalue weighted by Crippen LogP contribution is -2.35. The van der Waals surface area contributed by atoms with Crippen LogP contribution in [0.2, 0.25) is 0 Å². The summed E-state index contributed by atoms with van der Waals surface area (Å²) in [5.74, 6) is 0.427. The third kappa shape index (κ3) is 5.27. The first kappa shape index (κ1) is 21.1. The number of nitrogens with one attached hydrogen (secondary N) is 2. The predicted octanol–water partition coefficient (Wildman–Crippen LogP) is 3.23. The van der Waals surface area contributed by atoms with Crippen LogP contribution in [0.4, 0.5) is 11.4 Å². The van der Waals surface area contributed by atoms with E-state index in [1.54, 1.807) is 19.2 Å². The van der Waals surface area contributed by atoms with Crippen molar-refractivity contribution in [3.05, 3.63) is 48.0 Å². The highest BCUT2D eigenvalue weighted by Crippen LogP contribution is 2.25. The largest absolute Gasteiger partial charge is 0.495 e. The van der Waals surface area contributed by atoms with Gasteiger partial charge in [0.1, 0.15) is 5.75 Å². The molecule has 0 radical (unpaired) electrons. The first-order chi connectivity index (χ1) is 13.9. The summed E-state index contributed by atoms with van der Waals surface area (Å²) in [6.07, 6.45) is 2.86. The number of nitrogens with zero attached hydrogens (tertiary/aromatic N) is 1. The molecular formula is C21H27N3O4S. The Morgan fingerprint density at radius 2 is 1.76 bits per heavy atom. The van der Waals surface area contributed by atoms with E-state index in [1.807, 2.05) is 25.1 Å². The molecule has 1 aliphatic rings. The van der Waals surface area contributed by atoms with Crippen molar-refractivity contribution in [2.75, 3.05) is 37.4 Å². The van der Waals surface area contributed by atoms with Gasteiger partial charge in [-0.1, -0.05) is 12.5 Å². The zero-order valence-electron chi connectivity index (χ0n) is 16.8. The van der Waals surface area contributed by atoms with E-state index in [0.717, 1.165) is 30.5 Å². The van der Waals surface area contributed by atoms with Gasteiger partial charge >= 0.3 is 0 Å². The molecule has 0 aliphatic carbocycles. The highest BCUT2D eigenvalue weighted by atomic mass is 32.2. The minimum absolute atomic E-state index is 0.0631. The molecule has 0 spiro atoms. The quantitative estimate of drug-likeness (QED) is 0.722. The molecule has 2 N–H and O–H groups in total. The standard InChI is InChI=1S/C21H27N3O4S/c1-16-6-11-20(28-2)19(14-16)22-15-21(25)23-17-7-9-18(10-8-17)29(26,27)24-12-4-3-5-13-24/h6-11,14,22H,3-5,12-13,15H2,1-2H3,(H,23,25). The maximum Gasteiger partial charge on any atom is 0.243 e. The van der Waals surface area contributed by atoms with Crippen molar-refractivity contribution in [1.29, 1.82) is 0 Å². The number of ether oxygens (including phenoxy) is 1.